The lowest BCUT2D eigenvalue weighted by Crippen LogP contribution is -2.54. The van der Waals surface area contributed by atoms with Crippen LogP contribution < -0.4 is 10.6 Å². The zero-order valence-electron chi connectivity index (χ0n) is 22.3. The van der Waals surface area contributed by atoms with Crippen molar-refractivity contribution in [2.75, 3.05) is 32.8 Å². The Balaban J connectivity index is 1.37. The number of hydrogen-bond acceptors (Lipinski definition) is 6. The first-order valence-electron chi connectivity index (χ1n) is 13.7. The van der Waals surface area contributed by atoms with Crippen LogP contribution in [0.5, 0.6) is 0 Å². The minimum absolute atomic E-state index is 0.0770. The zero-order valence-corrected chi connectivity index (χ0v) is 22.3. The number of nitrogens with one attached hydrogen (secondary N) is 2. The van der Waals surface area contributed by atoms with E-state index in [2.05, 4.69) is 15.6 Å². The molecule has 2 aromatic heterocycles. The van der Waals surface area contributed by atoms with Crippen LogP contribution >= 0.6 is 0 Å². The van der Waals surface area contributed by atoms with Gasteiger partial charge in [0.15, 0.2) is 0 Å². The Morgan fingerprint density at radius 2 is 1.79 bits per heavy atom. The van der Waals surface area contributed by atoms with Gasteiger partial charge in [-0.25, -0.2) is 4.98 Å². The molecule has 1 atom stereocenters. The quantitative estimate of drug-likeness (QED) is 0.527. The Bertz CT molecular complexity index is 1340. The second-order valence-electron chi connectivity index (χ2n) is 10.4. The summed E-state index contributed by atoms with van der Waals surface area (Å²) in [6.45, 7) is 4.10. The van der Waals surface area contributed by atoms with Gasteiger partial charge in [-0.1, -0.05) is 30.7 Å². The van der Waals surface area contributed by atoms with Crippen molar-refractivity contribution < 1.29 is 19.1 Å². The molecule has 2 saturated heterocycles. The number of para-hydroxylation sites is 1. The van der Waals surface area contributed by atoms with Gasteiger partial charge in [0.1, 0.15) is 6.04 Å². The lowest BCUT2D eigenvalue weighted by Gasteiger charge is -2.41. The number of hydrogen-bond donors (Lipinski definition) is 2. The van der Waals surface area contributed by atoms with Gasteiger partial charge in [-0.2, -0.15) is 0 Å². The Labute approximate surface area is 228 Å². The molecule has 2 fully saturated rings. The number of pyridine rings is 2. The van der Waals surface area contributed by atoms with Crippen LogP contribution in [0.15, 0.2) is 54.7 Å². The highest BCUT2D eigenvalue weighted by Gasteiger charge is 2.42. The minimum Gasteiger partial charge on any atom is -0.380 e. The number of rotatable bonds is 2. The number of ether oxygens (including phenoxy) is 1. The van der Waals surface area contributed by atoms with Crippen molar-refractivity contribution in [1.82, 2.24) is 25.5 Å². The first-order valence-corrected chi connectivity index (χ1v) is 13.7. The van der Waals surface area contributed by atoms with E-state index in [-0.39, 0.29) is 17.7 Å². The molecule has 0 unspecified atom stereocenters. The first-order chi connectivity index (χ1) is 19.0. The fourth-order valence-electron chi connectivity index (χ4n) is 5.48. The molecule has 39 heavy (non-hydrogen) atoms. The molecule has 0 aliphatic carbocycles. The number of carbonyl (C=O) groups excluding carboxylic acids is 3. The SMILES string of the molecule is C[C@@H]1NC(=O)C2(CCCCOCCNC1=O)CCN(C(=O)c1cc(-c3ccccn3)nc3ccccc13)CC2. The van der Waals surface area contributed by atoms with Crippen molar-refractivity contribution in [2.24, 2.45) is 5.41 Å². The van der Waals surface area contributed by atoms with Crippen LogP contribution in [0, 0.1) is 5.41 Å². The Kier molecular flexibility index (Phi) is 8.16. The van der Waals surface area contributed by atoms with E-state index in [0.29, 0.717) is 69.1 Å². The van der Waals surface area contributed by atoms with Crippen molar-refractivity contribution in [3.05, 3.63) is 60.3 Å². The van der Waals surface area contributed by atoms with Gasteiger partial charge in [0.2, 0.25) is 11.8 Å². The van der Waals surface area contributed by atoms with Crippen molar-refractivity contribution in [2.45, 2.75) is 45.1 Å². The highest BCUT2D eigenvalue weighted by atomic mass is 16.5. The average Bonchev–Trinajstić information content (AvgIpc) is 2.98. The standard InChI is InChI=1S/C30H35N5O4/c1-21-27(36)32-15-19-39-18-7-5-11-30(29(38)33-21)12-16-35(17-13-30)28(37)23-20-26(25-10-4-6-14-31-25)34-24-9-3-2-8-22(23)24/h2-4,6,8-10,14,20-21H,5,7,11-13,15-19H2,1H3,(H,32,36)(H,33,38)/t21-/m0/s1. The van der Waals surface area contributed by atoms with Crippen molar-refractivity contribution in [3.63, 3.8) is 0 Å². The lowest BCUT2D eigenvalue weighted by molar-refractivity contribution is -0.137. The first kappa shape index (κ1) is 26.7. The molecule has 2 aliphatic heterocycles. The van der Waals surface area contributed by atoms with E-state index in [1.165, 1.54) is 0 Å². The summed E-state index contributed by atoms with van der Waals surface area (Å²) >= 11 is 0. The Morgan fingerprint density at radius 3 is 2.59 bits per heavy atom. The molecule has 5 rings (SSSR count). The van der Waals surface area contributed by atoms with E-state index in [1.807, 2.05) is 53.4 Å². The fraction of sp³-hybridized carbons (Fsp3) is 0.433. The number of benzene rings is 1. The van der Waals surface area contributed by atoms with E-state index in [4.69, 9.17) is 9.72 Å². The van der Waals surface area contributed by atoms with Crippen LogP contribution in [0.25, 0.3) is 22.3 Å². The molecule has 2 N–H and O–H groups in total. The highest BCUT2D eigenvalue weighted by Crippen LogP contribution is 2.38. The molecular formula is C30H35N5O4. The molecule has 3 aromatic rings. The molecule has 204 valence electrons. The van der Waals surface area contributed by atoms with Crippen molar-refractivity contribution in [3.8, 4) is 11.4 Å². The molecule has 3 amide bonds. The third-order valence-corrected chi connectivity index (χ3v) is 7.84. The zero-order chi connectivity index (χ0) is 27.2. The summed E-state index contributed by atoms with van der Waals surface area (Å²) < 4.78 is 5.63. The number of piperidine rings is 1. The summed E-state index contributed by atoms with van der Waals surface area (Å²) in [4.78, 5) is 50.9. The van der Waals surface area contributed by atoms with Crippen LogP contribution in [0.3, 0.4) is 0 Å². The number of carbonyl (C=O) groups is 3. The van der Waals surface area contributed by atoms with E-state index in [0.717, 1.165) is 23.7 Å². The van der Waals surface area contributed by atoms with E-state index in [1.54, 1.807) is 13.1 Å². The topological polar surface area (TPSA) is 114 Å². The van der Waals surface area contributed by atoms with Crippen LogP contribution in [0.1, 0.15) is 49.4 Å². The summed E-state index contributed by atoms with van der Waals surface area (Å²) in [6, 6.07) is 14.5. The van der Waals surface area contributed by atoms with E-state index < -0.39 is 11.5 Å². The predicted molar refractivity (Wildman–Crippen MR) is 148 cm³/mol. The molecule has 9 heteroatoms. The molecule has 1 aromatic carbocycles. The van der Waals surface area contributed by atoms with E-state index >= 15 is 0 Å². The van der Waals surface area contributed by atoms with Crippen LogP contribution in [0.2, 0.25) is 0 Å². The molecule has 0 saturated carbocycles. The van der Waals surface area contributed by atoms with E-state index in [9.17, 15) is 14.4 Å². The van der Waals surface area contributed by atoms with Gasteiger partial charge in [-0.15, -0.1) is 0 Å². The second kappa shape index (κ2) is 11.9. The molecule has 9 nitrogen and oxygen atoms in total. The smallest absolute Gasteiger partial charge is 0.254 e. The summed E-state index contributed by atoms with van der Waals surface area (Å²) in [7, 11) is 0. The third kappa shape index (κ3) is 5.93. The highest BCUT2D eigenvalue weighted by molar-refractivity contribution is 6.07. The van der Waals surface area contributed by atoms with Crippen LogP contribution in [0.4, 0.5) is 0 Å². The second-order valence-corrected chi connectivity index (χ2v) is 10.4. The summed E-state index contributed by atoms with van der Waals surface area (Å²) in [6.07, 6.45) is 5.18. The molecule has 4 heterocycles. The van der Waals surface area contributed by atoms with Gasteiger partial charge >= 0.3 is 0 Å². The summed E-state index contributed by atoms with van der Waals surface area (Å²) in [5.41, 5.74) is 2.05. The number of amides is 3. The normalized spacial score (nSPS) is 20.8. The van der Waals surface area contributed by atoms with Crippen LogP contribution in [-0.4, -0.2) is 71.5 Å². The van der Waals surface area contributed by atoms with Gasteiger partial charge in [0.25, 0.3) is 5.91 Å². The summed E-state index contributed by atoms with van der Waals surface area (Å²) in [5.74, 6) is -0.404. The van der Waals surface area contributed by atoms with Crippen molar-refractivity contribution in [1.29, 1.82) is 0 Å². The lowest BCUT2D eigenvalue weighted by atomic mass is 9.73. The maximum Gasteiger partial charge on any atom is 0.254 e. The van der Waals surface area contributed by atoms with Crippen molar-refractivity contribution >= 4 is 28.6 Å². The van der Waals surface area contributed by atoms with Crippen LogP contribution in [-0.2, 0) is 14.3 Å². The van der Waals surface area contributed by atoms with Gasteiger partial charge in [0, 0.05) is 37.8 Å². The Hall–Kier alpha value is -3.85. The number of fused-ring (bicyclic) bond motifs is 1. The predicted octanol–water partition coefficient (Wildman–Crippen LogP) is 3.34. The number of nitrogens with zero attached hydrogens (tertiary/aromatic N) is 3. The molecule has 0 radical (unpaired) electrons. The maximum absolute atomic E-state index is 13.9. The third-order valence-electron chi connectivity index (χ3n) is 7.84. The number of likely N-dealkylation sites (tertiary alicyclic amines) is 1. The number of aromatic nitrogens is 2. The average molecular weight is 530 g/mol. The van der Waals surface area contributed by atoms with Gasteiger partial charge < -0.3 is 20.3 Å². The largest absolute Gasteiger partial charge is 0.380 e. The molecular weight excluding hydrogens is 494 g/mol. The Morgan fingerprint density at radius 1 is 1.00 bits per heavy atom. The van der Waals surface area contributed by atoms with Gasteiger partial charge in [-0.05, 0) is 56.9 Å². The summed E-state index contributed by atoms with van der Waals surface area (Å²) in [5, 5.41) is 6.55. The molecule has 1 spiro atoms. The monoisotopic (exact) mass is 529 g/mol. The minimum atomic E-state index is -0.636. The molecule has 2 aliphatic rings. The fourth-order valence-corrected chi connectivity index (χ4v) is 5.48. The van der Waals surface area contributed by atoms with Gasteiger partial charge in [-0.3, -0.25) is 19.4 Å². The maximum atomic E-state index is 13.9. The molecule has 0 bridgehead atoms. The van der Waals surface area contributed by atoms with Gasteiger partial charge in [0.05, 0.1) is 34.5 Å².